The molecule has 2 fully saturated rings. The highest BCUT2D eigenvalue weighted by Gasteiger charge is 2.40. The van der Waals surface area contributed by atoms with Crippen molar-refractivity contribution in [3.8, 4) is 0 Å². The number of hydrogen-bond acceptors (Lipinski definition) is 4. The fourth-order valence-corrected chi connectivity index (χ4v) is 2.25. The minimum absolute atomic E-state index is 0.0733. The molecule has 0 amide bonds. The van der Waals surface area contributed by atoms with Crippen LogP contribution in [0.3, 0.4) is 0 Å². The monoisotopic (exact) mass is 198 g/mol. The molecule has 0 radical (unpaired) electrons. The first-order chi connectivity index (χ1) is 6.74. The fourth-order valence-electron chi connectivity index (χ4n) is 2.25. The van der Waals surface area contributed by atoms with Crippen LogP contribution in [0, 0.1) is 0 Å². The van der Waals surface area contributed by atoms with Crippen molar-refractivity contribution in [3.63, 3.8) is 0 Å². The van der Waals surface area contributed by atoms with Gasteiger partial charge in [-0.15, -0.1) is 0 Å². The van der Waals surface area contributed by atoms with Crippen molar-refractivity contribution in [3.05, 3.63) is 0 Å². The molecule has 0 saturated carbocycles. The van der Waals surface area contributed by atoms with Gasteiger partial charge in [-0.3, -0.25) is 0 Å². The van der Waals surface area contributed by atoms with E-state index < -0.39 is 0 Å². The highest BCUT2D eigenvalue weighted by Crippen LogP contribution is 2.34. The van der Waals surface area contributed by atoms with E-state index >= 15 is 0 Å². The van der Waals surface area contributed by atoms with Gasteiger partial charge in [-0.1, -0.05) is 5.16 Å². The van der Waals surface area contributed by atoms with Gasteiger partial charge < -0.3 is 14.5 Å². The lowest BCUT2D eigenvalue weighted by atomic mass is 9.88. The number of nitrogens with zero attached hydrogens (tertiary/aromatic N) is 2. The van der Waals surface area contributed by atoms with Gasteiger partial charge in [0.05, 0.1) is 17.9 Å². The van der Waals surface area contributed by atoms with E-state index in [-0.39, 0.29) is 5.60 Å². The predicted octanol–water partition coefficient (Wildman–Crippen LogP) is 0.873. The molecule has 4 nitrogen and oxygen atoms in total. The van der Waals surface area contributed by atoms with Crippen molar-refractivity contribution in [2.75, 3.05) is 33.9 Å². The predicted molar refractivity (Wildman–Crippen MR) is 54.5 cm³/mol. The zero-order chi connectivity index (χ0) is 10.0. The van der Waals surface area contributed by atoms with Crippen LogP contribution in [0.4, 0.5) is 0 Å². The molecule has 0 atom stereocenters. The molecule has 0 aromatic rings. The molecule has 0 aliphatic carbocycles. The molecule has 4 heteroatoms. The third kappa shape index (κ3) is 1.91. The number of ether oxygens (including phenoxy) is 1. The first kappa shape index (κ1) is 9.93. The van der Waals surface area contributed by atoms with Gasteiger partial charge in [0.1, 0.15) is 7.11 Å². The van der Waals surface area contributed by atoms with Gasteiger partial charge in [-0.05, 0) is 19.9 Å². The Bertz CT molecular complexity index is 232. The normalized spacial score (nSPS) is 30.0. The Kier molecular flexibility index (Phi) is 2.74. The van der Waals surface area contributed by atoms with E-state index in [1.165, 1.54) is 0 Å². The molecule has 2 aliphatic heterocycles. The second-order valence-corrected chi connectivity index (χ2v) is 4.29. The van der Waals surface area contributed by atoms with Crippen LogP contribution in [0.2, 0.25) is 0 Å². The van der Waals surface area contributed by atoms with Crippen LogP contribution in [0.5, 0.6) is 0 Å². The number of likely N-dealkylation sites (tertiary alicyclic amines) is 1. The smallest absolute Gasteiger partial charge is 0.106 e. The Balaban J connectivity index is 1.96. The molecule has 0 N–H and O–H groups in total. The molecule has 2 heterocycles. The average molecular weight is 198 g/mol. The van der Waals surface area contributed by atoms with Gasteiger partial charge in [-0.25, -0.2) is 0 Å². The van der Waals surface area contributed by atoms with Gasteiger partial charge in [0, 0.05) is 19.5 Å². The van der Waals surface area contributed by atoms with Gasteiger partial charge in [0.15, 0.2) is 0 Å². The number of hydrogen-bond donors (Lipinski definition) is 0. The van der Waals surface area contributed by atoms with Gasteiger partial charge in [-0.2, -0.15) is 0 Å². The van der Waals surface area contributed by atoms with Crippen LogP contribution in [0.25, 0.3) is 0 Å². The van der Waals surface area contributed by atoms with Crippen molar-refractivity contribution in [2.24, 2.45) is 5.16 Å². The summed E-state index contributed by atoms with van der Waals surface area (Å²) in [5.74, 6) is 0. The topological polar surface area (TPSA) is 34.1 Å². The molecule has 0 aromatic heterocycles. The Morgan fingerprint density at radius 3 is 2.79 bits per heavy atom. The van der Waals surface area contributed by atoms with E-state index in [0.29, 0.717) is 6.61 Å². The number of piperidine rings is 1. The first-order valence-corrected chi connectivity index (χ1v) is 5.15. The second-order valence-electron chi connectivity index (χ2n) is 4.29. The maximum atomic E-state index is 5.86. The molecule has 2 saturated heterocycles. The second kappa shape index (κ2) is 3.87. The molecule has 80 valence electrons. The lowest BCUT2D eigenvalue weighted by molar-refractivity contribution is -0.0386. The minimum atomic E-state index is 0.0733. The summed E-state index contributed by atoms with van der Waals surface area (Å²) in [5, 5.41) is 3.97. The van der Waals surface area contributed by atoms with E-state index in [1.807, 2.05) is 0 Å². The molecule has 0 unspecified atom stereocenters. The summed E-state index contributed by atoms with van der Waals surface area (Å²) in [6, 6.07) is 0. The Hall–Kier alpha value is -0.610. The molecular formula is C10H18N2O2. The Labute approximate surface area is 84.8 Å². The zero-order valence-corrected chi connectivity index (χ0v) is 8.95. The molecule has 0 aromatic carbocycles. The quantitative estimate of drug-likeness (QED) is 0.586. The van der Waals surface area contributed by atoms with Crippen molar-refractivity contribution >= 4 is 5.71 Å². The van der Waals surface area contributed by atoms with Crippen LogP contribution in [0.15, 0.2) is 5.16 Å². The third-order valence-corrected chi connectivity index (χ3v) is 3.19. The van der Waals surface area contributed by atoms with E-state index in [1.54, 1.807) is 7.11 Å². The molecule has 2 aliphatic rings. The number of oxime groups is 1. The molecule has 2 rings (SSSR count). The third-order valence-electron chi connectivity index (χ3n) is 3.19. The van der Waals surface area contributed by atoms with Gasteiger partial charge >= 0.3 is 0 Å². The summed E-state index contributed by atoms with van der Waals surface area (Å²) in [7, 11) is 3.75. The van der Waals surface area contributed by atoms with Crippen LogP contribution in [-0.2, 0) is 9.57 Å². The summed E-state index contributed by atoms with van der Waals surface area (Å²) in [4.78, 5) is 7.13. The van der Waals surface area contributed by atoms with E-state index in [2.05, 4.69) is 17.1 Å². The maximum absolute atomic E-state index is 5.86. The summed E-state index contributed by atoms with van der Waals surface area (Å²) in [6.07, 6.45) is 3.19. The molecule has 1 spiro atoms. The van der Waals surface area contributed by atoms with Crippen LogP contribution in [-0.4, -0.2) is 50.1 Å². The molecule has 14 heavy (non-hydrogen) atoms. The van der Waals surface area contributed by atoms with Crippen LogP contribution in [0.1, 0.15) is 19.3 Å². The van der Waals surface area contributed by atoms with E-state index in [4.69, 9.17) is 9.57 Å². The van der Waals surface area contributed by atoms with Crippen molar-refractivity contribution < 1.29 is 9.57 Å². The average Bonchev–Trinajstić information content (AvgIpc) is 2.56. The van der Waals surface area contributed by atoms with Crippen molar-refractivity contribution in [1.82, 2.24) is 4.90 Å². The summed E-state index contributed by atoms with van der Waals surface area (Å²) >= 11 is 0. The molecule has 0 bridgehead atoms. The Morgan fingerprint density at radius 1 is 1.43 bits per heavy atom. The zero-order valence-electron chi connectivity index (χ0n) is 8.95. The van der Waals surface area contributed by atoms with Gasteiger partial charge in [0.25, 0.3) is 0 Å². The molecular weight excluding hydrogens is 180 g/mol. The Morgan fingerprint density at radius 2 is 2.14 bits per heavy atom. The largest absolute Gasteiger partial charge is 0.399 e. The summed E-state index contributed by atoms with van der Waals surface area (Å²) in [6.45, 7) is 2.90. The maximum Gasteiger partial charge on any atom is 0.106 e. The standard InChI is InChI=1S/C10H18N2O2/c1-12-5-3-10(4-6-12)7-9(8-14-10)11-13-2/h3-8H2,1-2H3/b11-9+. The van der Waals surface area contributed by atoms with E-state index in [0.717, 1.165) is 38.1 Å². The van der Waals surface area contributed by atoms with Crippen LogP contribution < -0.4 is 0 Å². The fraction of sp³-hybridized carbons (Fsp3) is 0.900. The number of rotatable bonds is 1. The van der Waals surface area contributed by atoms with Gasteiger partial charge in [0.2, 0.25) is 0 Å². The SMILES string of the molecule is CO/N=C1/COC2(CCN(C)CC2)C1. The lowest BCUT2D eigenvalue weighted by Crippen LogP contribution is -2.42. The van der Waals surface area contributed by atoms with E-state index in [9.17, 15) is 0 Å². The van der Waals surface area contributed by atoms with Crippen molar-refractivity contribution in [1.29, 1.82) is 0 Å². The van der Waals surface area contributed by atoms with Crippen LogP contribution >= 0.6 is 0 Å². The van der Waals surface area contributed by atoms with Crippen molar-refractivity contribution in [2.45, 2.75) is 24.9 Å². The highest BCUT2D eigenvalue weighted by molar-refractivity contribution is 5.87. The first-order valence-electron chi connectivity index (χ1n) is 5.15. The minimum Gasteiger partial charge on any atom is -0.399 e. The summed E-state index contributed by atoms with van der Waals surface area (Å²) in [5.41, 5.74) is 1.13. The summed E-state index contributed by atoms with van der Waals surface area (Å²) < 4.78 is 5.86. The highest BCUT2D eigenvalue weighted by atomic mass is 16.6. The lowest BCUT2D eigenvalue weighted by Gasteiger charge is -2.36.